The number of hydrogen-bond acceptors (Lipinski definition) is 7. The second kappa shape index (κ2) is 35.8. The predicted octanol–water partition coefficient (Wildman–Crippen LogP) is 11.0. The predicted molar refractivity (Wildman–Crippen MR) is 206 cm³/mol. The van der Waals surface area contributed by atoms with Crippen molar-refractivity contribution in [2.24, 2.45) is 17.4 Å². The first kappa shape index (κ1) is 47.0. The van der Waals surface area contributed by atoms with Crippen molar-refractivity contribution < 1.29 is 23.9 Å². The molecule has 0 aliphatic carbocycles. The summed E-state index contributed by atoms with van der Waals surface area (Å²) in [6.07, 6.45) is 39.5. The minimum Gasteiger partial charge on any atom is -0.465 e. The van der Waals surface area contributed by atoms with Gasteiger partial charge in [-0.3, -0.25) is 20.1 Å². The van der Waals surface area contributed by atoms with Crippen molar-refractivity contribution in [3.05, 3.63) is 24.3 Å². The van der Waals surface area contributed by atoms with Crippen LogP contribution in [-0.2, 0) is 23.9 Å². The number of unbranched alkanes of at least 4 members (excludes halogenated alkanes) is 22. The third-order valence-corrected chi connectivity index (χ3v) is 9.19. The normalized spacial score (nSPS) is 13.6. The van der Waals surface area contributed by atoms with Gasteiger partial charge in [0.2, 0.25) is 0 Å². The van der Waals surface area contributed by atoms with Crippen molar-refractivity contribution in [3.8, 4) is 0 Å². The number of ketones is 1. The highest BCUT2D eigenvalue weighted by atomic mass is 16.6. The molecule has 0 saturated carbocycles. The molecule has 0 rings (SSSR count). The van der Waals surface area contributed by atoms with Crippen LogP contribution in [0.4, 0.5) is 0 Å². The number of carbonyl (C=O) groups is 3. The van der Waals surface area contributed by atoms with Gasteiger partial charge in [-0.2, -0.15) is 0 Å². The summed E-state index contributed by atoms with van der Waals surface area (Å²) in [7, 11) is 0. The molecule has 2 unspecified atom stereocenters. The van der Waals surface area contributed by atoms with Crippen LogP contribution in [0.15, 0.2) is 24.3 Å². The van der Waals surface area contributed by atoms with Crippen LogP contribution in [0.1, 0.15) is 201 Å². The van der Waals surface area contributed by atoms with E-state index < -0.39 is 24.2 Å². The molecule has 3 atom stereocenters. The number of hydrogen-bond donors (Lipinski definition) is 2. The molecule has 49 heavy (non-hydrogen) atoms. The Morgan fingerprint density at radius 1 is 0.510 bits per heavy atom. The number of allylic oxidation sites excluding steroid dienone is 4. The minimum absolute atomic E-state index is 0.230. The average molecular weight is 691 g/mol. The Hall–Kier alpha value is -1.99. The average Bonchev–Trinajstić information content (AvgIpc) is 3.08. The van der Waals surface area contributed by atoms with Crippen LogP contribution in [0.2, 0.25) is 0 Å². The highest BCUT2D eigenvalue weighted by molar-refractivity contribution is 5.87. The third kappa shape index (κ3) is 31.7. The van der Waals surface area contributed by atoms with Crippen LogP contribution in [0.5, 0.6) is 0 Å². The van der Waals surface area contributed by atoms with E-state index in [-0.39, 0.29) is 24.8 Å². The van der Waals surface area contributed by atoms with E-state index in [4.69, 9.17) is 20.9 Å². The van der Waals surface area contributed by atoms with Gasteiger partial charge in [0.1, 0.15) is 12.5 Å². The molecule has 0 radical (unpaired) electrons. The van der Waals surface area contributed by atoms with Crippen molar-refractivity contribution in [2.75, 3.05) is 6.61 Å². The van der Waals surface area contributed by atoms with Crippen LogP contribution in [-0.4, -0.2) is 36.6 Å². The van der Waals surface area contributed by atoms with E-state index in [0.29, 0.717) is 6.42 Å². The summed E-state index contributed by atoms with van der Waals surface area (Å²) >= 11 is 0. The molecule has 0 aliphatic rings. The molecule has 7 nitrogen and oxygen atoms in total. The van der Waals surface area contributed by atoms with Gasteiger partial charge in [0.15, 0.2) is 12.0 Å². The molecule has 0 aromatic rings. The molecule has 0 aromatic heterocycles. The molecule has 7 heteroatoms. The summed E-state index contributed by atoms with van der Waals surface area (Å²) in [5, 5.41) is 0. The van der Waals surface area contributed by atoms with Crippen LogP contribution in [0.25, 0.3) is 0 Å². The van der Waals surface area contributed by atoms with Crippen molar-refractivity contribution in [1.29, 1.82) is 0 Å². The maximum Gasteiger partial charge on any atom is 0.307 e. The third-order valence-electron chi connectivity index (χ3n) is 9.19. The molecular weight excluding hydrogens is 612 g/mol. The first-order valence-corrected chi connectivity index (χ1v) is 20.5. The first-order chi connectivity index (χ1) is 23.8. The quantitative estimate of drug-likeness (QED) is 0.0290. The molecule has 4 N–H and O–H groups in total. The van der Waals surface area contributed by atoms with Crippen LogP contribution in [0, 0.1) is 5.92 Å². The lowest BCUT2D eigenvalue weighted by molar-refractivity contribution is -0.158. The van der Waals surface area contributed by atoms with E-state index in [2.05, 4.69) is 38.2 Å². The number of nitrogens with two attached hydrogens (primary N) is 2. The number of ether oxygens (including phenoxy) is 2. The van der Waals surface area contributed by atoms with Crippen molar-refractivity contribution in [2.45, 2.75) is 213 Å². The lowest BCUT2D eigenvalue weighted by Gasteiger charge is -2.24. The van der Waals surface area contributed by atoms with Crippen molar-refractivity contribution in [1.82, 2.24) is 0 Å². The zero-order valence-electron chi connectivity index (χ0n) is 32.2. The fourth-order valence-corrected chi connectivity index (χ4v) is 5.90. The summed E-state index contributed by atoms with van der Waals surface area (Å²) in [6.45, 7) is 5.83. The van der Waals surface area contributed by atoms with Gasteiger partial charge < -0.3 is 15.2 Å². The molecule has 0 bridgehead atoms. The highest BCUT2D eigenvalue weighted by Gasteiger charge is 2.31. The number of Topliss-reactive ketones (excluding diaryl/α,β-unsaturated/α-hetero) is 1. The molecule has 286 valence electrons. The number of esters is 2. The lowest BCUT2D eigenvalue weighted by atomic mass is 9.98. The Balaban J connectivity index is 4.02. The summed E-state index contributed by atoms with van der Waals surface area (Å²) in [5.41, 5.74) is 11.9. The molecule has 0 fully saturated rings. The Bertz CT molecular complexity index is 841. The molecule has 0 aliphatic heterocycles. The standard InChI is InChI=1S/C42H78N2O5/c1-4-6-8-10-12-14-16-18-20-22-24-26-28-30-32-34-39(45)48-36-38(41(47)37(3)43)42(44)49-40(46)35-33-31-29-27-25-23-21-19-17-15-13-11-9-7-5-2/h18-21,37-38,42H,4-17,22-36,43-44H2,1-3H3/t37-,38?,42?/m0/s1. The fourth-order valence-electron chi connectivity index (χ4n) is 5.90. The molecule has 0 saturated heterocycles. The Morgan fingerprint density at radius 3 is 1.24 bits per heavy atom. The fraction of sp³-hybridized carbons (Fsp3) is 0.833. The van der Waals surface area contributed by atoms with E-state index in [0.717, 1.165) is 64.2 Å². The molecule has 0 heterocycles. The van der Waals surface area contributed by atoms with E-state index in [1.165, 1.54) is 103 Å². The summed E-state index contributed by atoms with van der Waals surface area (Å²) in [4.78, 5) is 37.5. The maximum atomic E-state index is 12.7. The lowest BCUT2D eigenvalue weighted by Crippen LogP contribution is -2.47. The van der Waals surface area contributed by atoms with E-state index in [9.17, 15) is 14.4 Å². The summed E-state index contributed by atoms with van der Waals surface area (Å²) in [5.74, 6) is -2.16. The van der Waals surface area contributed by atoms with Crippen molar-refractivity contribution in [3.63, 3.8) is 0 Å². The highest BCUT2D eigenvalue weighted by Crippen LogP contribution is 2.15. The van der Waals surface area contributed by atoms with E-state index in [1.807, 2.05) is 0 Å². The molecule has 0 spiro atoms. The molecular formula is C42H78N2O5. The maximum absolute atomic E-state index is 12.7. The second-order valence-electron chi connectivity index (χ2n) is 14.1. The van der Waals surface area contributed by atoms with Crippen LogP contribution >= 0.6 is 0 Å². The topological polar surface area (TPSA) is 122 Å². The van der Waals surface area contributed by atoms with Gasteiger partial charge in [-0.1, -0.05) is 141 Å². The van der Waals surface area contributed by atoms with Gasteiger partial charge in [-0.25, -0.2) is 0 Å². The number of rotatable bonds is 36. The zero-order chi connectivity index (χ0) is 36.2. The summed E-state index contributed by atoms with van der Waals surface area (Å²) < 4.78 is 10.8. The van der Waals surface area contributed by atoms with Gasteiger partial charge in [0, 0.05) is 12.8 Å². The van der Waals surface area contributed by atoms with Crippen LogP contribution < -0.4 is 11.5 Å². The van der Waals surface area contributed by atoms with Gasteiger partial charge >= 0.3 is 11.9 Å². The Labute approximate surface area is 302 Å². The zero-order valence-corrected chi connectivity index (χ0v) is 32.2. The van der Waals surface area contributed by atoms with Gasteiger partial charge in [0.05, 0.1) is 6.04 Å². The van der Waals surface area contributed by atoms with Crippen molar-refractivity contribution >= 4 is 17.7 Å². The monoisotopic (exact) mass is 691 g/mol. The SMILES string of the molecule is CCCCCCCCC=CCCCCCCCC(=O)OCC(C(=O)[C@H](C)N)C(N)OC(=O)CCCCCCCC=CCCCCCCCC. The minimum atomic E-state index is -1.19. The van der Waals surface area contributed by atoms with Crippen LogP contribution in [0.3, 0.4) is 0 Å². The molecule has 0 amide bonds. The smallest absolute Gasteiger partial charge is 0.307 e. The van der Waals surface area contributed by atoms with Gasteiger partial charge in [-0.15, -0.1) is 0 Å². The Kier molecular flexibility index (Phi) is 34.4. The first-order valence-electron chi connectivity index (χ1n) is 20.5. The van der Waals surface area contributed by atoms with Gasteiger partial charge in [0.25, 0.3) is 0 Å². The van der Waals surface area contributed by atoms with Gasteiger partial charge in [-0.05, 0) is 71.1 Å². The summed E-state index contributed by atoms with van der Waals surface area (Å²) in [6, 6.07) is -0.802. The largest absolute Gasteiger partial charge is 0.465 e. The number of carbonyl (C=O) groups excluding carboxylic acids is 3. The second-order valence-corrected chi connectivity index (χ2v) is 14.1. The van der Waals surface area contributed by atoms with E-state index >= 15 is 0 Å². The van der Waals surface area contributed by atoms with E-state index in [1.54, 1.807) is 6.92 Å². The molecule has 0 aromatic carbocycles. The Morgan fingerprint density at radius 2 is 0.857 bits per heavy atom.